The van der Waals surface area contributed by atoms with E-state index in [0.717, 1.165) is 44.0 Å². The summed E-state index contributed by atoms with van der Waals surface area (Å²) in [7, 11) is 1.75. The topological polar surface area (TPSA) is 66.9 Å². The van der Waals surface area contributed by atoms with Gasteiger partial charge in [0.25, 0.3) is 5.56 Å². The van der Waals surface area contributed by atoms with Gasteiger partial charge in [0.05, 0.1) is 13.1 Å². The van der Waals surface area contributed by atoms with Crippen LogP contribution in [-0.2, 0) is 20.1 Å². The van der Waals surface area contributed by atoms with Gasteiger partial charge in [0.2, 0.25) is 11.2 Å². The second kappa shape index (κ2) is 10.2. The lowest BCUT2D eigenvalue weighted by molar-refractivity contribution is -0.663. The van der Waals surface area contributed by atoms with Gasteiger partial charge < -0.3 is 0 Å². The van der Waals surface area contributed by atoms with Crippen LogP contribution in [0, 0.1) is 0 Å². The maximum absolute atomic E-state index is 13.4. The molecule has 0 radical (unpaired) electrons. The highest BCUT2D eigenvalue weighted by Crippen LogP contribution is 2.25. The Morgan fingerprint density at radius 3 is 2.38 bits per heavy atom. The summed E-state index contributed by atoms with van der Waals surface area (Å²) in [5.74, 6) is 0.870. The second-order valence-electron chi connectivity index (χ2n) is 8.91. The molecule has 7 nitrogen and oxygen atoms in total. The number of hydrogen-bond donors (Lipinski definition) is 1. The predicted molar refractivity (Wildman–Crippen MR) is 129 cm³/mol. The maximum atomic E-state index is 13.4. The summed E-state index contributed by atoms with van der Waals surface area (Å²) < 4.78 is 5.08. The first-order chi connectivity index (χ1) is 15.6. The lowest BCUT2D eigenvalue weighted by atomic mass is 10.1. The molecule has 0 spiro atoms. The van der Waals surface area contributed by atoms with Gasteiger partial charge in [0.15, 0.2) is 0 Å². The summed E-state index contributed by atoms with van der Waals surface area (Å²) >= 11 is 0. The molecule has 0 bridgehead atoms. The molecule has 7 heteroatoms. The highest BCUT2D eigenvalue weighted by atomic mass is 16.2. The number of aromatic amines is 1. The van der Waals surface area contributed by atoms with Crippen LogP contribution < -0.4 is 20.7 Å². The molecule has 2 aromatic heterocycles. The number of H-pyrrole nitrogens is 1. The Labute approximate surface area is 189 Å². The van der Waals surface area contributed by atoms with E-state index in [9.17, 15) is 9.59 Å². The van der Waals surface area contributed by atoms with Crippen LogP contribution in [0.25, 0.3) is 11.2 Å². The maximum Gasteiger partial charge on any atom is 0.364 e. The third-order valence-electron chi connectivity index (χ3n) is 6.60. The summed E-state index contributed by atoms with van der Waals surface area (Å²) in [5.41, 5.74) is 1.86. The molecule has 172 valence electrons. The molecule has 1 N–H and O–H groups in total. The van der Waals surface area contributed by atoms with Crippen molar-refractivity contribution in [2.24, 2.45) is 7.05 Å². The van der Waals surface area contributed by atoms with E-state index in [1.54, 1.807) is 11.6 Å². The average Bonchev–Trinajstić information content (AvgIpc) is 3.22. The van der Waals surface area contributed by atoms with Crippen LogP contribution in [0.4, 0.5) is 11.6 Å². The molecule has 0 fully saturated rings. The van der Waals surface area contributed by atoms with Crippen molar-refractivity contribution in [3.63, 3.8) is 0 Å². The zero-order valence-corrected chi connectivity index (χ0v) is 19.5. The number of rotatable bonds is 10. The van der Waals surface area contributed by atoms with E-state index in [0.29, 0.717) is 17.7 Å². The van der Waals surface area contributed by atoms with E-state index in [1.165, 1.54) is 43.1 Å². The first-order valence-corrected chi connectivity index (χ1v) is 12.2. The number of unbranched alkanes of at least 4 members (excludes halogenated alkanes) is 7. The number of aromatic nitrogens is 4. The van der Waals surface area contributed by atoms with Gasteiger partial charge in [-0.05, 0) is 18.6 Å². The van der Waals surface area contributed by atoms with Crippen molar-refractivity contribution in [1.29, 1.82) is 0 Å². The zero-order chi connectivity index (χ0) is 22.5. The van der Waals surface area contributed by atoms with E-state index in [2.05, 4.69) is 33.5 Å². The summed E-state index contributed by atoms with van der Waals surface area (Å²) in [6.45, 7) is 4.36. The minimum atomic E-state index is -0.240. The number of imidazole rings is 1. The second-order valence-corrected chi connectivity index (χ2v) is 8.91. The van der Waals surface area contributed by atoms with Gasteiger partial charge in [0.1, 0.15) is 5.69 Å². The van der Waals surface area contributed by atoms with Crippen LogP contribution in [0.2, 0.25) is 0 Å². The smallest absolute Gasteiger partial charge is 0.267 e. The van der Waals surface area contributed by atoms with Crippen LogP contribution >= 0.6 is 0 Å². The summed E-state index contributed by atoms with van der Waals surface area (Å²) in [6.07, 6.45) is 10.4. The third kappa shape index (κ3) is 4.38. The first-order valence-electron chi connectivity index (χ1n) is 12.2. The molecular formula is C25H36N5O2+. The number of aryl methyl sites for hydroxylation is 2. The molecule has 0 saturated carbocycles. The Kier molecular flexibility index (Phi) is 7.12. The quantitative estimate of drug-likeness (QED) is 0.384. The highest BCUT2D eigenvalue weighted by Gasteiger charge is 2.33. The average molecular weight is 439 g/mol. The Bertz CT molecular complexity index is 1160. The first kappa shape index (κ1) is 22.4. The SMILES string of the molecule is CCCCCCCCCCn1c(=O)c2c([nH]c3[n+]2CCCN3c2ccccc2)n(C)c1=O. The Morgan fingerprint density at radius 2 is 1.66 bits per heavy atom. The number of hydrogen-bond acceptors (Lipinski definition) is 3. The van der Waals surface area contributed by atoms with E-state index >= 15 is 0 Å². The molecule has 0 aliphatic carbocycles. The van der Waals surface area contributed by atoms with Crippen molar-refractivity contribution in [2.45, 2.75) is 77.8 Å². The van der Waals surface area contributed by atoms with E-state index in [4.69, 9.17) is 0 Å². The molecule has 32 heavy (non-hydrogen) atoms. The number of anilines is 2. The normalized spacial score (nSPS) is 13.6. The number of fused-ring (bicyclic) bond motifs is 3. The molecule has 0 amide bonds. The van der Waals surface area contributed by atoms with Gasteiger partial charge in [-0.1, -0.05) is 70.1 Å². The van der Waals surface area contributed by atoms with E-state index < -0.39 is 0 Å². The Morgan fingerprint density at radius 1 is 0.969 bits per heavy atom. The van der Waals surface area contributed by atoms with Crippen LogP contribution in [0.1, 0.15) is 64.7 Å². The van der Waals surface area contributed by atoms with Gasteiger partial charge >= 0.3 is 11.6 Å². The third-order valence-corrected chi connectivity index (χ3v) is 6.60. The van der Waals surface area contributed by atoms with Crippen LogP contribution in [0.3, 0.4) is 0 Å². The minimum absolute atomic E-state index is 0.177. The van der Waals surface area contributed by atoms with Crippen LogP contribution in [0.15, 0.2) is 39.9 Å². The predicted octanol–water partition coefficient (Wildman–Crippen LogP) is 4.00. The summed E-state index contributed by atoms with van der Waals surface area (Å²) in [5, 5.41) is 0. The molecule has 0 unspecified atom stereocenters. The van der Waals surface area contributed by atoms with Crippen molar-refractivity contribution in [3.05, 3.63) is 51.2 Å². The number of benzene rings is 1. The monoisotopic (exact) mass is 438 g/mol. The molecule has 3 aromatic rings. The van der Waals surface area contributed by atoms with Crippen molar-refractivity contribution >= 4 is 22.8 Å². The molecule has 1 aliphatic heterocycles. The molecular weight excluding hydrogens is 402 g/mol. The Hall–Kier alpha value is -2.83. The fraction of sp³-hybridized carbons (Fsp3) is 0.560. The summed E-state index contributed by atoms with van der Waals surface area (Å²) in [6, 6.07) is 10.2. The van der Waals surface area contributed by atoms with Crippen molar-refractivity contribution in [2.75, 3.05) is 11.4 Å². The number of para-hydroxylation sites is 1. The Balaban J connectivity index is 1.58. The summed E-state index contributed by atoms with van der Waals surface area (Å²) in [4.78, 5) is 32.0. The molecule has 1 aromatic carbocycles. The molecule has 3 heterocycles. The van der Waals surface area contributed by atoms with E-state index in [1.807, 2.05) is 18.2 Å². The fourth-order valence-corrected chi connectivity index (χ4v) is 4.80. The molecule has 0 atom stereocenters. The lowest BCUT2D eigenvalue weighted by Gasteiger charge is -2.21. The van der Waals surface area contributed by atoms with Crippen molar-refractivity contribution in [3.8, 4) is 0 Å². The standard InChI is InChI=1S/C25H35N5O2/c1-3-4-5-6-7-8-9-13-17-30-23(31)21-22(27(2)25(30)32)26-24-28(18-14-19-29(21)24)20-15-11-10-12-16-20/h10-12,15-16H,3-9,13-14,17-19H2,1-2H3/p+1. The molecule has 4 rings (SSSR count). The number of nitrogens with one attached hydrogen (secondary N) is 1. The van der Waals surface area contributed by atoms with Crippen LogP contribution in [0.5, 0.6) is 0 Å². The lowest BCUT2D eigenvalue weighted by Crippen LogP contribution is -2.49. The van der Waals surface area contributed by atoms with Gasteiger partial charge in [-0.2, -0.15) is 0 Å². The number of nitrogens with zero attached hydrogens (tertiary/aromatic N) is 4. The largest absolute Gasteiger partial charge is 0.364 e. The van der Waals surface area contributed by atoms with Crippen molar-refractivity contribution in [1.82, 2.24) is 14.1 Å². The van der Waals surface area contributed by atoms with Crippen molar-refractivity contribution < 1.29 is 4.57 Å². The molecule has 0 saturated heterocycles. The van der Waals surface area contributed by atoms with E-state index in [-0.39, 0.29) is 11.2 Å². The van der Waals surface area contributed by atoms with Gasteiger partial charge in [-0.15, -0.1) is 0 Å². The van der Waals surface area contributed by atoms with Gasteiger partial charge in [-0.25, -0.2) is 19.2 Å². The highest BCUT2D eigenvalue weighted by molar-refractivity contribution is 5.70. The van der Waals surface area contributed by atoms with Gasteiger partial charge in [0, 0.05) is 20.0 Å². The minimum Gasteiger partial charge on any atom is -0.267 e. The van der Waals surface area contributed by atoms with Crippen LogP contribution in [-0.4, -0.2) is 20.7 Å². The molecule has 1 aliphatic rings. The fourth-order valence-electron chi connectivity index (χ4n) is 4.80. The van der Waals surface area contributed by atoms with Gasteiger partial charge in [-0.3, -0.25) is 13.9 Å². The zero-order valence-electron chi connectivity index (χ0n) is 19.5.